The zero-order valence-electron chi connectivity index (χ0n) is 20.6. The van der Waals surface area contributed by atoms with Crippen LogP contribution in [0.1, 0.15) is 59.8 Å². The van der Waals surface area contributed by atoms with Gasteiger partial charge in [-0.05, 0) is 37.2 Å². The molecule has 9 heteroatoms. The molecule has 4 saturated carbocycles. The molecule has 9 nitrogen and oxygen atoms in total. The highest BCUT2D eigenvalue weighted by atomic mass is 16.6. The Labute approximate surface area is 203 Å². The molecule has 190 valence electrons. The monoisotopic (exact) mass is 488 g/mol. The maximum absolute atomic E-state index is 14.2. The smallest absolute Gasteiger partial charge is 0.312 e. The van der Waals surface area contributed by atoms with Gasteiger partial charge in [0.1, 0.15) is 23.7 Å². The molecule has 0 aromatic carbocycles. The summed E-state index contributed by atoms with van der Waals surface area (Å²) in [7, 11) is 0. The van der Waals surface area contributed by atoms with Crippen LogP contribution in [0.2, 0.25) is 0 Å². The minimum atomic E-state index is -1.59. The van der Waals surface area contributed by atoms with E-state index in [-0.39, 0.29) is 36.4 Å². The van der Waals surface area contributed by atoms with Gasteiger partial charge in [0, 0.05) is 38.0 Å². The van der Waals surface area contributed by atoms with Crippen LogP contribution in [0.4, 0.5) is 0 Å². The van der Waals surface area contributed by atoms with Crippen LogP contribution in [0.3, 0.4) is 0 Å². The molecule has 5 rings (SSSR count). The number of Topliss-reactive ketones (excluding diaryl/α,β-unsaturated/α-hetero) is 1. The van der Waals surface area contributed by atoms with Crippen LogP contribution in [-0.4, -0.2) is 54.6 Å². The largest absolute Gasteiger partial charge is 0.465 e. The fraction of sp³-hybridized carbons (Fsp3) is 0.731. The first kappa shape index (κ1) is 24.0. The number of ketones is 1. The number of rotatable bonds is 3. The Balaban J connectivity index is 1.81. The Bertz CT molecular complexity index is 1050. The van der Waals surface area contributed by atoms with E-state index >= 15 is 0 Å². The van der Waals surface area contributed by atoms with Crippen LogP contribution in [0.25, 0.3) is 0 Å². The molecule has 0 radical (unpaired) electrons. The number of carbonyl (C=O) groups excluding carboxylic acids is 5. The number of esters is 4. The van der Waals surface area contributed by atoms with Crippen molar-refractivity contribution in [2.45, 2.75) is 78.1 Å². The van der Waals surface area contributed by atoms with Gasteiger partial charge in [0.25, 0.3) is 0 Å². The molecule has 5 aliphatic rings. The van der Waals surface area contributed by atoms with Gasteiger partial charge in [0.15, 0.2) is 5.78 Å². The van der Waals surface area contributed by atoms with Crippen LogP contribution < -0.4 is 0 Å². The third-order valence-corrected chi connectivity index (χ3v) is 9.51. The first-order valence-electron chi connectivity index (χ1n) is 12.3. The van der Waals surface area contributed by atoms with Crippen molar-refractivity contribution in [3.8, 4) is 0 Å². The first-order valence-corrected chi connectivity index (χ1v) is 12.3. The second-order valence-electron chi connectivity index (χ2n) is 11.3. The second kappa shape index (κ2) is 7.64. The van der Waals surface area contributed by atoms with Crippen molar-refractivity contribution < 1.29 is 42.9 Å². The fourth-order valence-corrected chi connectivity index (χ4v) is 8.63. The summed E-state index contributed by atoms with van der Waals surface area (Å²) in [5.41, 5.74) is -2.89. The van der Waals surface area contributed by atoms with E-state index in [1.165, 1.54) is 20.8 Å². The van der Waals surface area contributed by atoms with Gasteiger partial charge >= 0.3 is 23.9 Å². The molecule has 0 unspecified atom stereocenters. The Morgan fingerprint density at radius 1 is 0.971 bits per heavy atom. The van der Waals surface area contributed by atoms with Crippen molar-refractivity contribution in [1.29, 1.82) is 0 Å². The molecular weight excluding hydrogens is 456 g/mol. The number of hydrogen-bond acceptors (Lipinski definition) is 9. The third kappa shape index (κ3) is 2.96. The molecule has 35 heavy (non-hydrogen) atoms. The summed E-state index contributed by atoms with van der Waals surface area (Å²) < 4.78 is 23.3. The van der Waals surface area contributed by atoms with Crippen molar-refractivity contribution in [1.82, 2.24) is 0 Å². The molecule has 4 aliphatic carbocycles. The molecule has 1 spiro atoms. The Hall–Kier alpha value is -2.71. The van der Waals surface area contributed by atoms with Crippen LogP contribution in [-0.2, 0) is 42.9 Å². The number of cyclic esters (lactones) is 1. The van der Waals surface area contributed by atoms with E-state index in [2.05, 4.69) is 13.5 Å². The Morgan fingerprint density at radius 3 is 2.26 bits per heavy atom. The molecule has 0 aromatic rings. The lowest BCUT2D eigenvalue weighted by Crippen LogP contribution is -2.75. The fourth-order valence-electron chi connectivity index (χ4n) is 8.63. The predicted molar refractivity (Wildman–Crippen MR) is 118 cm³/mol. The van der Waals surface area contributed by atoms with E-state index in [1.54, 1.807) is 0 Å². The maximum Gasteiger partial charge on any atom is 0.312 e. The van der Waals surface area contributed by atoms with E-state index in [1.807, 2.05) is 0 Å². The Kier molecular flexibility index (Phi) is 5.24. The maximum atomic E-state index is 14.2. The highest BCUT2D eigenvalue weighted by Gasteiger charge is 2.82. The van der Waals surface area contributed by atoms with Gasteiger partial charge in [0.05, 0.1) is 12.0 Å². The lowest BCUT2D eigenvalue weighted by atomic mass is 9.38. The first-order chi connectivity index (χ1) is 16.4. The minimum absolute atomic E-state index is 0.180. The van der Waals surface area contributed by atoms with Gasteiger partial charge in [-0.2, -0.15) is 0 Å². The number of carbonyl (C=O) groups is 5. The van der Waals surface area contributed by atoms with Crippen LogP contribution >= 0.6 is 0 Å². The number of ether oxygens (including phenoxy) is 4. The van der Waals surface area contributed by atoms with Crippen molar-refractivity contribution in [2.75, 3.05) is 6.61 Å². The SMILES string of the molecule is C=C1C(=O)[C@@]23[C@H](OC(C)=O)[C@H]1C[C@H](OC(C)=O)[C@H]2[C@@]12CCC[C@@](C)(COC1=O)[C@H]2C[C@H]3OC(C)=O. The van der Waals surface area contributed by atoms with Crippen molar-refractivity contribution in [3.05, 3.63) is 12.2 Å². The summed E-state index contributed by atoms with van der Waals surface area (Å²) in [6, 6.07) is 0. The van der Waals surface area contributed by atoms with Gasteiger partial charge in [-0.15, -0.1) is 0 Å². The quantitative estimate of drug-likeness (QED) is 0.334. The van der Waals surface area contributed by atoms with Gasteiger partial charge < -0.3 is 18.9 Å². The van der Waals surface area contributed by atoms with Gasteiger partial charge in [-0.3, -0.25) is 24.0 Å². The van der Waals surface area contributed by atoms with E-state index in [0.717, 1.165) is 12.8 Å². The molecule has 1 heterocycles. The van der Waals surface area contributed by atoms with Crippen molar-refractivity contribution in [3.63, 3.8) is 0 Å². The zero-order valence-corrected chi connectivity index (χ0v) is 20.6. The lowest BCUT2D eigenvalue weighted by Gasteiger charge is -2.67. The standard InChI is InChI=1S/C26H32O9/c1-12-16-9-17(33-13(2)27)20-25-8-6-7-24(5,11-32-23(25)31)18(25)10-19(34-14(3)28)26(20,21(12)30)22(16)35-15(4)29/h16-20,22H,1,6-11H2,2-5H3/t16-,17-,18+,19+,20-,22+,24-,25-,26-/m0/s1. The molecule has 1 saturated heterocycles. The average molecular weight is 489 g/mol. The normalized spacial score (nSPS) is 45.5. The van der Waals surface area contributed by atoms with Crippen molar-refractivity contribution >= 4 is 29.7 Å². The number of fused-ring (bicyclic) bond motifs is 1. The zero-order chi connectivity index (χ0) is 25.5. The summed E-state index contributed by atoms with van der Waals surface area (Å²) in [6.07, 6.45) is -0.369. The summed E-state index contributed by atoms with van der Waals surface area (Å²) in [5, 5.41) is 0. The Morgan fingerprint density at radius 2 is 1.63 bits per heavy atom. The third-order valence-electron chi connectivity index (χ3n) is 9.51. The minimum Gasteiger partial charge on any atom is -0.465 e. The summed E-state index contributed by atoms with van der Waals surface area (Å²) in [6.45, 7) is 10.1. The molecule has 0 N–H and O–H groups in total. The molecule has 5 fully saturated rings. The van der Waals surface area contributed by atoms with Gasteiger partial charge in [-0.1, -0.05) is 19.9 Å². The van der Waals surface area contributed by atoms with Crippen LogP contribution in [0.5, 0.6) is 0 Å². The lowest BCUT2D eigenvalue weighted by molar-refractivity contribution is -0.283. The highest BCUT2D eigenvalue weighted by Crippen LogP contribution is 2.73. The summed E-state index contributed by atoms with van der Waals surface area (Å²) in [5.74, 6) is -4.29. The van der Waals surface area contributed by atoms with Crippen LogP contribution in [0, 0.1) is 34.0 Å². The number of hydrogen-bond donors (Lipinski definition) is 0. The second-order valence-corrected chi connectivity index (χ2v) is 11.3. The topological polar surface area (TPSA) is 122 Å². The van der Waals surface area contributed by atoms with Gasteiger partial charge in [-0.25, -0.2) is 0 Å². The van der Waals surface area contributed by atoms with Gasteiger partial charge in [0.2, 0.25) is 0 Å². The van der Waals surface area contributed by atoms with Crippen LogP contribution in [0.15, 0.2) is 12.2 Å². The van der Waals surface area contributed by atoms with E-state index < -0.39 is 70.6 Å². The van der Waals surface area contributed by atoms with E-state index in [4.69, 9.17) is 18.9 Å². The average Bonchev–Trinajstić information content (AvgIpc) is 2.87. The predicted octanol–water partition coefficient (Wildman–Crippen LogP) is 2.30. The summed E-state index contributed by atoms with van der Waals surface area (Å²) >= 11 is 0. The molecule has 9 atom stereocenters. The molecule has 0 amide bonds. The van der Waals surface area contributed by atoms with E-state index in [9.17, 15) is 24.0 Å². The molecular formula is C26H32O9. The molecule has 0 aromatic heterocycles. The highest BCUT2D eigenvalue weighted by molar-refractivity contribution is 6.06. The van der Waals surface area contributed by atoms with E-state index in [0.29, 0.717) is 6.42 Å². The molecule has 4 bridgehead atoms. The summed E-state index contributed by atoms with van der Waals surface area (Å²) in [4.78, 5) is 64.9. The van der Waals surface area contributed by atoms with Crippen molar-refractivity contribution in [2.24, 2.45) is 34.0 Å². The molecule has 1 aliphatic heterocycles.